The standard InChI is InChI=1S/C22H20N2O6/c1-4-30-18-8-6-14(21(27)28)10-15(18)11-17-19(25)23-22(29)24(20(17)26)16-7-5-12(2)13(3)9-16/h5-11H,4H2,1-3H3,(H,27,28)(H,23,25,29). The molecule has 2 aromatic carbocycles. The molecule has 1 heterocycles. The largest absolute Gasteiger partial charge is 0.493 e. The maximum Gasteiger partial charge on any atom is 0.335 e. The highest BCUT2D eigenvalue weighted by molar-refractivity contribution is 6.39. The van der Waals surface area contributed by atoms with E-state index in [2.05, 4.69) is 5.32 Å². The van der Waals surface area contributed by atoms with Gasteiger partial charge in [-0.15, -0.1) is 0 Å². The molecule has 2 aromatic rings. The molecule has 30 heavy (non-hydrogen) atoms. The van der Waals surface area contributed by atoms with E-state index >= 15 is 0 Å². The highest BCUT2D eigenvalue weighted by Gasteiger charge is 2.37. The van der Waals surface area contributed by atoms with E-state index in [4.69, 9.17) is 4.74 Å². The normalized spacial score (nSPS) is 15.4. The topological polar surface area (TPSA) is 113 Å². The number of nitrogens with zero attached hydrogens (tertiary/aromatic N) is 1. The van der Waals surface area contributed by atoms with Gasteiger partial charge >= 0.3 is 12.0 Å². The van der Waals surface area contributed by atoms with Gasteiger partial charge in [-0.2, -0.15) is 0 Å². The van der Waals surface area contributed by atoms with Gasteiger partial charge in [0.15, 0.2) is 0 Å². The highest BCUT2D eigenvalue weighted by atomic mass is 16.5. The summed E-state index contributed by atoms with van der Waals surface area (Å²) in [5.74, 6) is -2.53. The van der Waals surface area contributed by atoms with Crippen LogP contribution in [0, 0.1) is 13.8 Å². The Morgan fingerprint density at radius 3 is 2.47 bits per heavy atom. The SMILES string of the molecule is CCOc1ccc(C(=O)O)cc1C=C1C(=O)NC(=O)N(c2ccc(C)c(C)c2)C1=O. The van der Waals surface area contributed by atoms with Crippen molar-refractivity contribution in [1.29, 1.82) is 0 Å². The average molecular weight is 408 g/mol. The molecule has 0 radical (unpaired) electrons. The molecule has 4 amide bonds. The van der Waals surface area contributed by atoms with E-state index in [-0.39, 0.29) is 16.7 Å². The minimum absolute atomic E-state index is 0.0314. The molecule has 0 unspecified atom stereocenters. The molecule has 1 saturated heterocycles. The number of aryl methyl sites for hydroxylation is 2. The van der Waals surface area contributed by atoms with Crippen LogP contribution in [0.2, 0.25) is 0 Å². The zero-order valence-corrected chi connectivity index (χ0v) is 16.7. The number of nitrogens with one attached hydrogen (secondary N) is 1. The van der Waals surface area contributed by atoms with Crippen LogP contribution in [0.3, 0.4) is 0 Å². The van der Waals surface area contributed by atoms with Gasteiger partial charge in [-0.1, -0.05) is 6.07 Å². The van der Waals surface area contributed by atoms with Crippen LogP contribution in [0.5, 0.6) is 5.75 Å². The molecular weight excluding hydrogens is 388 g/mol. The number of imide groups is 2. The Labute approximate surface area is 172 Å². The van der Waals surface area contributed by atoms with E-state index in [0.717, 1.165) is 16.0 Å². The number of carbonyl (C=O) groups excluding carboxylic acids is 3. The van der Waals surface area contributed by atoms with Crippen LogP contribution in [0.25, 0.3) is 6.08 Å². The lowest BCUT2D eigenvalue weighted by molar-refractivity contribution is -0.122. The second-order valence-corrected chi connectivity index (χ2v) is 6.72. The van der Waals surface area contributed by atoms with Crippen LogP contribution in [-0.4, -0.2) is 35.5 Å². The third-order valence-corrected chi connectivity index (χ3v) is 4.71. The molecule has 0 aromatic heterocycles. The Morgan fingerprint density at radius 2 is 1.83 bits per heavy atom. The number of aromatic carboxylic acids is 1. The van der Waals surface area contributed by atoms with Crippen molar-refractivity contribution in [3.05, 3.63) is 64.2 Å². The number of ether oxygens (including phenoxy) is 1. The molecular formula is C22H20N2O6. The smallest absolute Gasteiger partial charge is 0.335 e. The first kappa shape index (κ1) is 20.8. The lowest BCUT2D eigenvalue weighted by Gasteiger charge is -2.27. The number of carboxylic acids is 1. The van der Waals surface area contributed by atoms with Crippen molar-refractivity contribution in [2.75, 3.05) is 11.5 Å². The number of hydrogen-bond acceptors (Lipinski definition) is 5. The molecule has 0 saturated carbocycles. The summed E-state index contributed by atoms with van der Waals surface area (Å²) >= 11 is 0. The first-order chi connectivity index (χ1) is 14.2. The van der Waals surface area contributed by atoms with Crippen molar-refractivity contribution >= 4 is 35.6 Å². The maximum atomic E-state index is 13.1. The van der Waals surface area contributed by atoms with Crippen molar-refractivity contribution in [2.45, 2.75) is 20.8 Å². The number of carboxylic acid groups (broad SMARTS) is 1. The second-order valence-electron chi connectivity index (χ2n) is 6.72. The lowest BCUT2D eigenvalue weighted by atomic mass is 10.0. The van der Waals surface area contributed by atoms with Crippen molar-refractivity contribution in [2.24, 2.45) is 0 Å². The first-order valence-electron chi connectivity index (χ1n) is 9.21. The summed E-state index contributed by atoms with van der Waals surface area (Å²) in [6.45, 7) is 5.80. The van der Waals surface area contributed by atoms with Gasteiger partial charge in [0.1, 0.15) is 11.3 Å². The van der Waals surface area contributed by atoms with Gasteiger partial charge < -0.3 is 9.84 Å². The number of urea groups is 1. The van der Waals surface area contributed by atoms with Gasteiger partial charge in [0.05, 0.1) is 17.9 Å². The van der Waals surface area contributed by atoms with Crippen LogP contribution in [0.4, 0.5) is 10.5 Å². The van der Waals surface area contributed by atoms with E-state index < -0.39 is 23.8 Å². The zero-order chi connectivity index (χ0) is 22.0. The summed E-state index contributed by atoms with van der Waals surface area (Å²) in [5, 5.41) is 11.4. The summed E-state index contributed by atoms with van der Waals surface area (Å²) in [7, 11) is 0. The number of rotatable bonds is 5. The Bertz CT molecular complexity index is 1100. The number of amides is 4. The maximum absolute atomic E-state index is 13.1. The van der Waals surface area contributed by atoms with Crippen LogP contribution >= 0.6 is 0 Å². The number of hydrogen-bond donors (Lipinski definition) is 2. The molecule has 0 atom stereocenters. The van der Waals surface area contributed by atoms with Gasteiger partial charge in [0.25, 0.3) is 11.8 Å². The van der Waals surface area contributed by atoms with Crippen LogP contribution < -0.4 is 15.0 Å². The Morgan fingerprint density at radius 1 is 1.10 bits per heavy atom. The van der Waals surface area contributed by atoms with Crippen molar-refractivity contribution < 1.29 is 29.0 Å². The number of anilines is 1. The van der Waals surface area contributed by atoms with E-state index in [1.807, 2.05) is 13.8 Å². The van der Waals surface area contributed by atoms with Gasteiger partial charge in [0, 0.05) is 5.56 Å². The molecule has 0 spiro atoms. The fourth-order valence-electron chi connectivity index (χ4n) is 2.99. The summed E-state index contributed by atoms with van der Waals surface area (Å²) < 4.78 is 5.48. The number of barbiturate groups is 1. The number of benzene rings is 2. The van der Waals surface area contributed by atoms with Gasteiger partial charge in [-0.05, 0) is 68.3 Å². The number of carbonyl (C=O) groups is 4. The average Bonchev–Trinajstić information content (AvgIpc) is 2.68. The summed E-state index contributed by atoms with van der Waals surface area (Å²) in [5.41, 5.74) is 2.09. The molecule has 0 aliphatic carbocycles. The van der Waals surface area contributed by atoms with Crippen LogP contribution in [-0.2, 0) is 9.59 Å². The van der Waals surface area contributed by atoms with Crippen molar-refractivity contribution in [1.82, 2.24) is 5.32 Å². The van der Waals surface area contributed by atoms with Crippen LogP contribution in [0.1, 0.15) is 34.0 Å². The second kappa shape index (κ2) is 8.20. The summed E-state index contributed by atoms with van der Waals surface area (Å²) in [6, 6.07) is 8.34. The van der Waals surface area contributed by atoms with Crippen molar-refractivity contribution in [3.63, 3.8) is 0 Å². The fraction of sp³-hybridized carbons (Fsp3) is 0.182. The fourth-order valence-corrected chi connectivity index (χ4v) is 2.99. The Balaban J connectivity index is 2.09. The van der Waals surface area contributed by atoms with Crippen LogP contribution in [0.15, 0.2) is 42.0 Å². The van der Waals surface area contributed by atoms with Gasteiger partial charge in [0.2, 0.25) is 0 Å². The molecule has 8 heteroatoms. The molecule has 8 nitrogen and oxygen atoms in total. The molecule has 154 valence electrons. The van der Waals surface area contributed by atoms with E-state index in [1.54, 1.807) is 25.1 Å². The predicted octanol–water partition coefficient (Wildman–Crippen LogP) is 3.07. The molecule has 2 N–H and O–H groups in total. The minimum atomic E-state index is -1.16. The van der Waals surface area contributed by atoms with E-state index in [0.29, 0.717) is 18.0 Å². The molecule has 3 rings (SSSR count). The highest BCUT2D eigenvalue weighted by Crippen LogP contribution is 2.27. The Kier molecular flexibility index (Phi) is 5.68. The minimum Gasteiger partial charge on any atom is -0.493 e. The third-order valence-electron chi connectivity index (χ3n) is 4.71. The van der Waals surface area contributed by atoms with E-state index in [9.17, 15) is 24.3 Å². The zero-order valence-electron chi connectivity index (χ0n) is 16.7. The third kappa shape index (κ3) is 3.93. The molecule has 1 fully saturated rings. The van der Waals surface area contributed by atoms with Gasteiger partial charge in [-0.25, -0.2) is 14.5 Å². The quantitative estimate of drug-likeness (QED) is 0.581. The summed E-state index contributed by atoms with van der Waals surface area (Å²) in [6.07, 6.45) is 1.23. The molecule has 0 bridgehead atoms. The first-order valence-corrected chi connectivity index (χ1v) is 9.21. The Hall–Kier alpha value is -3.94. The summed E-state index contributed by atoms with van der Waals surface area (Å²) in [4.78, 5) is 50.0. The van der Waals surface area contributed by atoms with Crippen molar-refractivity contribution in [3.8, 4) is 5.75 Å². The monoisotopic (exact) mass is 408 g/mol. The molecule has 1 aliphatic heterocycles. The lowest BCUT2D eigenvalue weighted by Crippen LogP contribution is -2.54. The van der Waals surface area contributed by atoms with Gasteiger partial charge in [-0.3, -0.25) is 14.9 Å². The molecule has 1 aliphatic rings. The van der Waals surface area contributed by atoms with E-state index in [1.165, 1.54) is 24.3 Å². The predicted molar refractivity (Wildman–Crippen MR) is 109 cm³/mol.